The number of rotatable bonds is 3. The highest BCUT2D eigenvalue weighted by Gasteiger charge is 2.32. The first-order chi connectivity index (χ1) is 7.06. The summed E-state index contributed by atoms with van der Waals surface area (Å²) >= 11 is 0. The van der Waals surface area contributed by atoms with E-state index >= 15 is 0 Å². The van der Waals surface area contributed by atoms with Crippen molar-refractivity contribution >= 4 is 0 Å². The van der Waals surface area contributed by atoms with Crippen molar-refractivity contribution in [3.63, 3.8) is 0 Å². The smallest absolute Gasteiger partial charge is 0.0202 e. The van der Waals surface area contributed by atoms with Gasteiger partial charge < -0.3 is 0 Å². The molecule has 0 amide bonds. The Labute approximate surface area is 96.2 Å². The predicted octanol–water partition coefficient (Wildman–Crippen LogP) is 4.72. The van der Waals surface area contributed by atoms with Gasteiger partial charge in [-0.05, 0) is 56.3 Å². The second-order valence-corrected chi connectivity index (χ2v) is 5.68. The van der Waals surface area contributed by atoms with Crippen LogP contribution in [0.4, 0.5) is 0 Å². The van der Waals surface area contributed by atoms with Gasteiger partial charge in [-0.3, -0.25) is 0 Å². The van der Waals surface area contributed by atoms with Gasteiger partial charge in [0.2, 0.25) is 0 Å². The second kappa shape index (κ2) is 5.72. The molecule has 1 aliphatic carbocycles. The zero-order valence-electron chi connectivity index (χ0n) is 10.9. The number of hydrogen-bond donors (Lipinski definition) is 0. The molecule has 0 aromatic rings. The van der Waals surface area contributed by atoms with E-state index in [0.717, 1.165) is 23.7 Å². The lowest BCUT2D eigenvalue weighted by atomic mass is 9.66. The summed E-state index contributed by atoms with van der Waals surface area (Å²) in [6, 6.07) is 0. The Morgan fingerprint density at radius 1 is 1.20 bits per heavy atom. The molecule has 4 unspecified atom stereocenters. The van der Waals surface area contributed by atoms with Crippen molar-refractivity contribution in [1.29, 1.82) is 0 Å². The molecule has 0 bridgehead atoms. The lowest BCUT2D eigenvalue weighted by molar-refractivity contribution is 0.123. The summed E-state index contributed by atoms with van der Waals surface area (Å²) in [6.45, 7) is 13.6. The summed E-state index contributed by atoms with van der Waals surface area (Å²) in [5, 5.41) is 0. The zero-order valence-corrected chi connectivity index (χ0v) is 10.9. The van der Waals surface area contributed by atoms with Gasteiger partial charge >= 0.3 is 0 Å². The molecule has 0 aliphatic heterocycles. The average Bonchev–Trinajstić information content (AvgIpc) is 2.17. The molecule has 87 valence electrons. The third kappa shape index (κ3) is 3.36. The van der Waals surface area contributed by atoms with Crippen LogP contribution in [0.25, 0.3) is 0 Å². The minimum absolute atomic E-state index is 0.519. The first kappa shape index (κ1) is 12.8. The quantitative estimate of drug-likeness (QED) is 0.587. The Morgan fingerprint density at radius 3 is 2.40 bits per heavy atom. The van der Waals surface area contributed by atoms with Crippen LogP contribution in [0, 0.1) is 36.5 Å². The van der Waals surface area contributed by atoms with Crippen LogP contribution in [-0.4, -0.2) is 0 Å². The predicted molar refractivity (Wildman–Crippen MR) is 68.5 cm³/mol. The van der Waals surface area contributed by atoms with Gasteiger partial charge in [0.1, 0.15) is 0 Å². The highest BCUT2D eigenvalue weighted by Crippen LogP contribution is 2.41. The Balaban J connectivity index is 2.69. The van der Waals surface area contributed by atoms with E-state index in [9.17, 15) is 0 Å². The van der Waals surface area contributed by atoms with Gasteiger partial charge in [0.25, 0.3) is 0 Å². The SMILES string of the molecule is [CH2]C(C=CC)C1CC(C)CCC1C(C)C. The highest BCUT2D eigenvalue weighted by molar-refractivity contribution is 4.96. The summed E-state index contributed by atoms with van der Waals surface area (Å²) < 4.78 is 0. The van der Waals surface area contributed by atoms with E-state index in [4.69, 9.17) is 0 Å². The van der Waals surface area contributed by atoms with Gasteiger partial charge in [0.15, 0.2) is 0 Å². The molecule has 0 N–H and O–H groups in total. The standard InChI is InChI=1S/C15H27/c1-6-7-13(5)15-10-12(4)8-9-14(15)11(2)3/h6-7,11-15H,5,8-10H2,1-4H3. The molecule has 1 aliphatic rings. The summed E-state index contributed by atoms with van der Waals surface area (Å²) in [5.74, 6) is 3.94. The zero-order chi connectivity index (χ0) is 11.4. The minimum Gasteiger partial charge on any atom is -0.0914 e. The fraction of sp³-hybridized carbons (Fsp3) is 0.800. The highest BCUT2D eigenvalue weighted by atomic mass is 14.4. The van der Waals surface area contributed by atoms with Crippen LogP contribution in [0.15, 0.2) is 12.2 Å². The normalized spacial score (nSPS) is 34.9. The van der Waals surface area contributed by atoms with Gasteiger partial charge in [-0.15, -0.1) is 0 Å². The van der Waals surface area contributed by atoms with Gasteiger partial charge in [0, 0.05) is 0 Å². The number of hydrogen-bond acceptors (Lipinski definition) is 0. The first-order valence-corrected chi connectivity index (χ1v) is 6.52. The minimum atomic E-state index is 0.519. The lowest BCUT2D eigenvalue weighted by Gasteiger charge is -2.40. The van der Waals surface area contributed by atoms with Crippen molar-refractivity contribution in [2.75, 3.05) is 0 Å². The molecule has 0 aromatic heterocycles. The molecule has 0 heterocycles. The fourth-order valence-corrected chi connectivity index (χ4v) is 3.16. The van der Waals surface area contributed by atoms with Crippen molar-refractivity contribution in [3.8, 4) is 0 Å². The number of allylic oxidation sites excluding steroid dienone is 2. The maximum Gasteiger partial charge on any atom is -0.0202 e. The molecule has 1 rings (SSSR count). The van der Waals surface area contributed by atoms with Crippen LogP contribution < -0.4 is 0 Å². The molecule has 0 nitrogen and oxygen atoms in total. The maximum atomic E-state index is 4.33. The van der Waals surface area contributed by atoms with Crippen LogP contribution in [0.3, 0.4) is 0 Å². The molecule has 15 heavy (non-hydrogen) atoms. The van der Waals surface area contributed by atoms with Gasteiger partial charge in [-0.2, -0.15) is 0 Å². The molecular formula is C15H27. The van der Waals surface area contributed by atoms with E-state index in [1.807, 2.05) is 0 Å². The fourth-order valence-electron chi connectivity index (χ4n) is 3.16. The lowest BCUT2D eigenvalue weighted by Crippen LogP contribution is -2.31. The average molecular weight is 207 g/mol. The molecule has 0 spiro atoms. The maximum absolute atomic E-state index is 4.33. The Morgan fingerprint density at radius 2 is 1.87 bits per heavy atom. The summed E-state index contributed by atoms with van der Waals surface area (Å²) in [5.41, 5.74) is 0. The first-order valence-electron chi connectivity index (χ1n) is 6.52. The Bertz CT molecular complexity index is 202. The van der Waals surface area contributed by atoms with E-state index in [1.165, 1.54) is 19.3 Å². The molecule has 0 aromatic carbocycles. The molecule has 0 saturated heterocycles. The van der Waals surface area contributed by atoms with Crippen LogP contribution in [0.5, 0.6) is 0 Å². The summed E-state index contributed by atoms with van der Waals surface area (Å²) in [6.07, 6.45) is 8.66. The van der Waals surface area contributed by atoms with Crippen molar-refractivity contribution < 1.29 is 0 Å². The molecule has 1 radical (unpaired) electrons. The van der Waals surface area contributed by atoms with Gasteiger partial charge in [0.05, 0.1) is 0 Å². The summed E-state index contributed by atoms with van der Waals surface area (Å²) in [4.78, 5) is 0. The molecule has 0 heteroatoms. The van der Waals surface area contributed by atoms with E-state index < -0.39 is 0 Å². The van der Waals surface area contributed by atoms with Crippen molar-refractivity contribution in [1.82, 2.24) is 0 Å². The molecule has 4 atom stereocenters. The van der Waals surface area contributed by atoms with Crippen LogP contribution in [0.1, 0.15) is 47.0 Å². The van der Waals surface area contributed by atoms with Crippen molar-refractivity contribution in [2.45, 2.75) is 47.0 Å². The van der Waals surface area contributed by atoms with Crippen molar-refractivity contribution in [2.24, 2.45) is 29.6 Å². The monoisotopic (exact) mass is 207 g/mol. The van der Waals surface area contributed by atoms with E-state index in [-0.39, 0.29) is 0 Å². The van der Waals surface area contributed by atoms with Crippen LogP contribution in [-0.2, 0) is 0 Å². The molecular weight excluding hydrogens is 180 g/mol. The summed E-state index contributed by atoms with van der Waals surface area (Å²) in [7, 11) is 0. The van der Waals surface area contributed by atoms with Crippen LogP contribution in [0.2, 0.25) is 0 Å². The largest absolute Gasteiger partial charge is 0.0914 e. The Hall–Kier alpha value is -0.260. The van der Waals surface area contributed by atoms with Crippen molar-refractivity contribution in [3.05, 3.63) is 19.1 Å². The van der Waals surface area contributed by atoms with Gasteiger partial charge in [-0.25, -0.2) is 0 Å². The van der Waals surface area contributed by atoms with E-state index in [2.05, 4.69) is 46.8 Å². The molecule has 1 fully saturated rings. The molecule has 1 saturated carbocycles. The van der Waals surface area contributed by atoms with Crippen LogP contribution >= 0.6 is 0 Å². The van der Waals surface area contributed by atoms with E-state index in [0.29, 0.717) is 5.92 Å². The third-order valence-electron chi connectivity index (χ3n) is 4.06. The third-order valence-corrected chi connectivity index (χ3v) is 4.06. The van der Waals surface area contributed by atoms with E-state index in [1.54, 1.807) is 0 Å². The second-order valence-electron chi connectivity index (χ2n) is 5.68. The topological polar surface area (TPSA) is 0 Å². The Kier molecular flexibility index (Phi) is 4.89. The van der Waals surface area contributed by atoms with Gasteiger partial charge in [-0.1, -0.05) is 39.3 Å².